The van der Waals surface area contributed by atoms with Crippen LogP contribution in [0.1, 0.15) is 18.9 Å². The van der Waals surface area contributed by atoms with Crippen LogP contribution in [0.2, 0.25) is 0 Å². The summed E-state index contributed by atoms with van der Waals surface area (Å²) in [6.45, 7) is 5.78. The molecule has 7 nitrogen and oxygen atoms in total. The first-order chi connectivity index (χ1) is 13.1. The van der Waals surface area contributed by atoms with Crippen LogP contribution in [0.25, 0.3) is 0 Å². The predicted octanol–water partition coefficient (Wildman–Crippen LogP) is 0.951. The van der Waals surface area contributed by atoms with E-state index in [-0.39, 0.29) is 23.8 Å². The summed E-state index contributed by atoms with van der Waals surface area (Å²) >= 11 is 0. The molecule has 0 aromatic heterocycles. The van der Waals surface area contributed by atoms with E-state index in [4.69, 9.17) is 0 Å². The molecule has 146 valence electrons. The second kappa shape index (κ2) is 8.88. The van der Waals surface area contributed by atoms with E-state index in [0.29, 0.717) is 52.2 Å². The van der Waals surface area contributed by atoms with E-state index in [1.54, 1.807) is 14.7 Å². The van der Waals surface area contributed by atoms with Crippen LogP contribution in [0.4, 0.5) is 4.79 Å². The second-order valence-corrected chi connectivity index (χ2v) is 7.12. The van der Waals surface area contributed by atoms with Gasteiger partial charge in [-0.15, -0.1) is 0 Å². The van der Waals surface area contributed by atoms with E-state index in [1.807, 2.05) is 25.1 Å². The Hall–Kier alpha value is -2.57. The van der Waals surface area contributed by atoms with Crippen LogP contribution in [0, 0.1) is 5.92 Å². The van der Waals surface area contributed by atoms with Crippen LogP contribution >= 0.6 is 0 Å². The molecule has 1 aromatic carbocycles. The molecule has 27 heavy (non-hydrogen) atoms. The van der Waals surface area contributed by atoms with Crippen molar-refractivity contribution in [1.29, 1.82) is 0 Å². The number of nitrogens with zero attached hydrogens (tertiary/aromatic N) is 3. The van der Waals surface area contributed by atoms with Gasteiger partial charge in [0, 0.05) is 52.2 Å². The molecule has 0 radical (unpaired) electrons. The number of carbonyl (C=O) groups is 3. The third-order valence-corrected chi connectivity index (χ3v) is 5.28. The number of likely N-dealkylation sites (tertiary alicyclic amines) is 1. The van der Waals surface area contributed by atoms with Crippen LogP contribution in [-0.2, 0) is 16.0 Å². The highest BCUT2D eigenvalue weighted by molar-refractivity contribution is 5.89. The summed E-state index contributed by atoms with van der Waals surface area (Å²) in [4.78, 5) is 42.3. The summed E-state index contributed by atoms with van der Waals surface area (Å²) < 4.78 is 0. The smallest absolute Gasteiger partial charge is 0.317 e. The van der Waals surface area contributed by atoms with E-state index in [0.717, 1.165) is 6.42 Å². The Kier molecular flexibility index (Phi) is 6.32. The number of carbonyl (C=O) groups excluding carboxylic acids is 3. The minimum absolute atomic E-state index is 0.0427. The quantitative estimate of drug-likeness (QED) is 0.836. The van der Waals surface area contributed by atoms with Crippen molar-refractivity contribution in [3.8, 4) is 0 Å². The lowest BCUT2D eigenvalue weighted by molar-refractivity contribution is -0.137. The van der Waals surface area contributed by atoms with Crippen molar-refractivity contribution in [3.05, 3.63) is 35.9 Å². The van der Waals surface area contributed by atoms with Gasteiger partial charge in [0.1, 0.15) is 0 Å². The monoisotopic (exact) mass is 372 g/mol. The molecule has 0 bridgehead atoms. The number of urea groups is 1. The number of piperazine rings is 1. The summed E-state index contributed by atoms with van der Waals surface area (Å²) in [6.07, 6.45) is 1.10. The van der Waals surface area contributed by atoms with Gasteiger partial charge in [-0.2, -0.15) is 0 Å². The standard InChI is InChI=1S/C20H28N4O3/c1-2-21-20(27)23-12-10-22(11-13-23)19(26)17-14-18(25)24(15-17)9-8-16-6-4-3-5-7-16/h3-7,17H,2,8-15H2,1H3,(H,21,27). The zero-order chi connectivity index (χ0) is 19.2. The van der Waals surface area contributed by atoms with E-state index in [1.165, 1.54) is 5.56 Å². The van der Waals surface area contributed by atoms with Gasteiger partial charge in [0.05, 0.1) is 5.92 Å². The first-order valence-electron chi connectivity index (χ1n) is 9.71. The third kappa shape index (κ3) is 4.78. The molecule has 2 saturated heterocycles. The maximum atomic E-state index is 12.8. The van der Waals surface area contributed by atoms with Crippen LogP contribution in [-0.4, -0.2) is 78.4 Å². The molecule has 2 heterocycles. The molecule has 2 fully saturated rings. The topological polar surface area (TPSA) is 73.0 Å². The first kappa shape index (κ1) is 19.2. The lowest BCUT2D eigenvalue weighted by Gasteiger charge is -2.35. The van der Waals surface area contributed by atoms with E-state index in [9.17, 15) is 14.4 Å². The lowest BCUT2D eigenvalue weighted by Crippen LogP contribution is -2.54. The number of hydrogen-bond donors (Lipinski definition) is 1. The average Bonchev–Trinajstić information content (AvgIpc) is 3.07. The molecular weight excluding hydrogens is 344 g/mol. The van der Waals surface area contributed by atoms with Crippen molar-refractivity contribution >= 4 is 17.8 Å². The van der Waals surface area contributed by atoms with Gasteiger partial charge in [-0.1, -0.05) is 30.3 Å². The molecule has 1 N–H and O–H groups in total. The normalized spacial score (nSPS) is 20.1. The van der Waals surface area contributed by atoms with Gasteiger partial charge in [0.15, 0.2) is 0 Å². The van der Waals surface area contributed by atoms with Crippen molar-refractivity contribution in [2.75, 3.05) is 45.8 Å². The Morgan fingerprint density at radius 1 is 1.07 bits per heavy atom. The summed E-state index contributed by atoms with van der Waals surface area (Å²) in [5, 5.41) is 2.79. The minimum Gasteiger partial charge on any atom is -0.342 e. The second-order valence-electron chi connectivity index (χ2n) is 7.12. The molecule has 1 unspecified atom stereocenters. The molecule has 3 rings (SSSR count). The van der Waals surface area contributed by atoms with Crippen LogP contribution in [0.5, 0.6) is 0 Å². The van der Waals surface area contributed by atoms with Gasteiger partial charge < -0.3 is 20.0 Å². The molecule has 7 heteroatoms. The first-order valence-corrected chi connectivity index (χ1v) is 9.71. The van der Waals surface area contributed by atoms with Crippen molar-refractivity contribution in [2.45, 2.75) is 19.8 Å². The Balaban J connectivity index is 1.47. The Morgan fingerprint density at radius 2 is 1.74 bits per heavy atom. The number of amides is 4. The Morgan fingerprint density at radius 3 is 2.41 bits per heavy atom. The number of nitrogens with one attached hydrogen (secondary N) is 1. The lowest BCUT2D eigenvalue weighted by atomic mass is 10.1. The highest BCUT2D eigenvalue weighted by Crippen LogP contribution is 2.21. The van der Waals surface area contributed by atoms with Gasteiger partial charge in [0.25, 0.3) is 0 Å². The molecule has 2 aliphatic rings. The van der Waals surface area contributed by atoms with E-state index >= 15 is 0 Å². The van der Waals surface area contributed by atoms with Gasteiger partial charge in [-0.25, -0.2) is 4.79 Å². The fraction of sp³-hybridized carbons (Fsp3) is 0.550. The predicted molar refractivity (Wildman–Crippen MR) is 102 cm³/mol. The summed E-state index contributed by atoms with van der Waals surface area (Å²) in [5.74, 6) is -0.157. The van der Waals surface area contributed by atoms with E-state index in [2.05, 4.69) is 17.4 Å². The SMILES string of the molecule is CCNC(=O)N1CCN(C(=O)C2CC(=O)N(CCc3ccccc3)C2)CC1. The van der Waals surface area contributed by atoms with Gasteiger partial charge in [0.2, 0.25) is 11.8 Å². The molecule has 2 aliphatic heterocycles. The largest absolute Gasteiger partial charge is 0.342 e. The molecule has 0 aliphatic carbocycles. The zero-order valence-electron chi connectivity index (χ0n) is 15.9. The maximum absolute atomic E-state index is 12.8. The molecular formula is C20H28N4O3. The highest BCUT2D eigenvalue weighted by Gasteiger charge is 2.37. The Labute approximate surface area is 160 Å². The Bertz CT molecular complexity index is 671. The van der Waals surface area contributed by atoms with Gasteiger partial charge >= 0.3 is 6.03 Å². The van der Waals surface area contributed by atoms with E-state index < -0.39 is 0 Å². The van der Waals surface area contributed by atoms with Crippen molar-refractivity contribution in [1.82, 2.24) is 20.0 Å². The maximum Gasteiger partial charge on any atom is 0.317 e. The van der Waals surface area contributed by atoms with Crippen molar-refractivity contribution in [2.24, 2.45) is 5.92 Å². The average molecular weight is 372 g/mol. The summed E-state index contributed by atoms with van der Waals surface area (Å²) in [5.41, 5.74) is 1.20. The fourth-order valence-corrected chi connectivity index (χ4v) is 3.71. The molecule has 0 spiro atoms. The van der Waals surface area contributed by atoms with Crippen LogP contribution in [0.3, 0.4) is 0 Å². The van der Waals surface area contributed by atoms with Crippen LogP contribution < -0.4 is 5.32 Å². The molecule has 4 amide bonds. The number of hydrogen-bond acceptors (Lipinski definition) is 3. The van der Waals surface area contributed by atoms with Crippen LogP contribution in [0.15, 0.2) is 30.3 Å². The molecule has 0 saturated carbocycles. The molecule has 1 atom stereocenters. The fourth-order valence-electron chi connectivity index (χ4n) is 3.71. The molecule has 1 aromatic rings. The number of rotatable bonds is 5. The highest BCUT2D eigenvalue weighted by atomic mass is 16.2. The minimum atomic E-state index is -0.260. The summed E-state index contributed by atoms with van der Waals surface area (Å²) in [6, 6.07) is 9.99. The third-order valence-electron chi connectivity index (χ3n) is 5.28. The van der Waals surface area contributed by atoms with Gasteiger partial charge in [-0.3, -0.25) is 9.59 Å². The van der Waals surface area contributed by atoms with Crippen molar-refractivity contribution < 1.29 is 14.4 Å². The van der Waals surface area contributed by atoms with Crippen molar-refractivity contribution in [3.63, 3.8) is 0 Å². The summed E-state index contributed by atoms with van der Waals surface area (Å²) in [7, 11) is 0. The van der Waals surface area contributed by atoms with Gasteiger partial charge in [-0.05, 0) is 18.9 Å². The number of benzene rings is 1. The zero-order valence-corrected chi connectivity index (χ0v) is 15.9.